The Labute approximate surface area is 111 Å². The van der Waals surface area contributed by atoms with Gasteiger partial charge in [-0.25, -0.2) is 0 Å². The molecule has 18 heavy (non-hydrogen) atoms. The Balaban J connectivity index is 2.48. The van der Waals surface area contributed by atoms with E-state index in [2.05, 4.69) is 10.3 Å². The predicted molar refractivity (Wildman–Crippen MR) is 78.0 cm³/mol. The molecular weight excluding hydrogens is 246 g/mol. The van der Waals surface area contributed by atoms with Gasteiger partial charge in [0.25, 0.3) is 0 Å². The molecule has 0 unspecified atom stereocenters. The minimum atomic E-state index is 0.341. The Kier molecular flexibility index (Phi) is 4.07. The average Bonchev–Trinajstić information content (AvgIpc) is 2.38. The molecule has 0 aliphatic carbocycles. The number of benzene rings is 1. The third-order valence-corrected chi connectivity index (χ3v) is 2.87. The topological polar surface area (TPSA) is 60.2 Å². The Morgan fingerprint density at radius 1 is 1.44 bits per heavy atom. The van der Waals surface area contributed by atoms with Gasteiger partial charge in [-0.15, -0.1) is 0 Å². The SMILES string of the molecule is COCCNc1c(C(N)=S)cnc2ccccc12. The summed E-state index contributed by atoms with van der Waals surface area (Å²) in [4.78, 5) is 4.69. The first-order valence-electron chi connectivity index (χ1n) is 5.64. The number of nitrogens with one attached hydrogen (secondary N) is 1. The van der Waals surface area contributed by atoms with Crippen molar-refractivity contribution in [2.24, 2.45) is 5.73 Å². The van der Waals surface area contributed by atoms with E-state index in [-0.39, 0.29) is 0 Å². The van der Waals surface area contributed by atoms with Crippen LogP contribution in [0.1, 0.15) is 5.56 Å². The molecule has 3 N–H and O–H groups in total. The molecule has 94 valence electrons. The van der Waals surface area contributed by atoms with Crippen LogP contribution < -0.4 is 11.1 Å². The lowest BCUT2D eigenvalue weighted by atomic mass is 10.1. The van der Waals surface area contributed by atoms with Gasteiger partial charge >= 0.3 is 0 Å². The van der Waals surface area contributed by atoms with Crippen molar-refractivity contribution in [2.45, 2.75) is 0 Å². The molecule has 4 nitrogen and oxygen atoms in total. The van der Waals surface area contributed by atoms with Gasteiger partial charge in [-0.3, -0.25) is 4.98 Å². The summed E-state index contributed by atoms with van der Waals surface area (Å²) in [7, 11) is 1.67. The number of fused-ring (bicyclic) bond motifs is 1. The van der Waals surface area contributed by atoms with Crippen molar-refractivity contribution in [1.29, 1.82) is 0 Å². The molecule has 0 bridgehead atoms. The number of hydrogen-bond acceptors (Lipinski definition) is 4. The van der Waals surface area contributed by atoms with Gasteiger partial charge in [0, 0.05) is 25.2 Å². The van der Waals surface area contributed by atoms with Gasteiger partial charge in [-0.1, -0.05) is 30.4 Å². The summed E-state index contributed by atoms with van der Waals surface area (Å²) >= 11 is 5.06. The molecule has 0 saturated heterocycles. The van der Waals surface area contributed by atoms with Crippen LogP contribution in [0.5, 0.6) is 0 Å². The van der Waals surface area contributed by atoms with Crippen LogP contribution in [0.4, 0.5) is 5.69 Å². The maximum atomic E-state index is 5.73. The third-order valence-electron chi connectivity index (χ3n) is 2.65. The molecule has 0 spiro atoms. The van der Waals surface area contributed by atoms with Crippen molar-refractivity contribution in [3.63, 3.8) is 0 Å². The number of aromatic nitrogens is 1. The fourth-order valence-electron chi connectivity index (χ4n) is 1.80. The van der Waals surface area contributed by atoms with Gasteiger partial charge in [-0.05, 0) is 6.07 Å². The number of methoxy groups -OCH3 is 1. The lowest BCUT2D eigenvalue weighted by molar-refractivity contribution is 0.211. The molecule has 1 aromatic heterocycles. The molecule has 2 aromatic rings. The fraction of sp³-hybridized carbons (Fsp3) is 0.231. The van der Waals surface area contributed by atoms with Gasteiger partial charge in [-0.2, -0.15) is 0 Å². The van der Waals surface area contributed by atoms with Gasteiger partial charge in [0.15, 0.2) is 0 Å². The number of pyridine rings is 1. The third kappa shape index (κ3) is 2.57. The van der Waals surface area contributed by atoms with E-state index in [9.17, 15) is 0 Å². The summed E-state index contributed by atoms with van der Waals surface area (Å²) in [5.41, 5.74) is 8.33. The van der Waals surface area contributed by atoms with E-state index in [0.29, 0.717) is 18.1 Å². The second kappa shape index (κ2) is 5.75. The first-order chi connectivity index (χ1) is 8.74. The zero-order chi connectivity index (χ0) is 13.0. The zero-order valence-corrected chi connectivity index (χ0v) is 11.0. The van der Waals surface area contributed by atoms with Crippen LogP contribution in [-0.4, -0.2) is 30.2 Å². The second-order valence-corrected chi connectivity index (χ2v) is 4.29. The molecule has 5 heteroatoms. The van der Waals surface area contributed by atoms with E-state index >= 15 is 0 Å². The van der Waals surface area contributed by atoms with Gasteiger partial charge in [0.1, 0.15) is 4.99 Å². The van der Waals surface area contributed by atoms with Crippen LogP contribution in [0.25, 0.3) is 10.9 Å². The number of hydrogen-bond donors (Lipinski definition) is 2. The molecule has 1 aromatic carbocycles. The number of rotatable bonds is 5. The number of thiocarbonyl (C=S) groups is 1. The quantitative estimate of drug-likeness (QED) is 0.636. The Morgan fingerprint density at radius 2 is 2.22 bits per heavy atom. The highest BCUT2D eigenvalue weighted by Crippen LogP contribution is 2.25. The number of nitrogens with two attached hydrogens (primary N) is 1. The number of anilines is 1. The van der Waals surface area contributed by atoms with Crippen molar-refractivity contribution in [3.8, 4) is 0 Å². The smallest absolute Gasteiger partial charge is 0.107 e. The first kappa shape index (κ1) is 12.7. The predicted octanol–water partition coefficient (Wildman–Crippen LogP) is 1.93. The zero-order valence-electron chi connectivity index (χ0n) is 10.1. The first-order valence-corrected chi connectivity index (χ1v) is 6.05. The Morgan fingerprint density at radius 3 is 2.94 bits per heavy atom. The van der Waals surface area contributed by atoms with Crippen LogP contribution in [0, 0.1) is 0 Å². The highest BCUT2D eigenvalue weighted by Gasteiger charge is 2.10. The normalized spacial score (nSPS) is 10.5. The highest BCUT2D eigenvalue weighted by molar-refractivity contribution is 7.80. The highest BCUT2D eigenvalue weighted by atomic mass is 32.1. The molecular formula is C13H15N3OS. The van der Waals surface area contributed by atoms with Crippen LogP contribution in [-0.2, 0) is 4.74 Å². The second-order valence-electron chi connectivity index (χ2n) is 3.85. The number of para-hydroxylation sites is 1. The number of nitrogens with zero attached hydrogens (tertiary/aromatic N) is 1. The molecule has 1 heterocycles. The molecule has 0 fully saturated rings. The van der Waals surface area contributed by atoms with Gasteiger partial charge in [0.2, 0.25) is 0 Å². The standard InChI is InChI=1S/C13H15N3OS/c1-17-7-6-15-12-9-4-2-3-5-11(9)16-8-10(12)13(14)18/h2-5,8H,6-7H2,1H3,(H2,14,18)(H,15,16). The monoisotopic (exact) mass is 261 g/mol. The van der Waals surface area contributed by atoms with E-state index in [1.54, 1.807) is 13.3 Å². The Bertz CT molecular complexity index is 571. The number of ether oxygens (including phenoxy) is 1. The molecule has 0 aliphatic heterocycles. The molecule has 0 amide bonds. The molecule has 0 atom stereocenters. The summed E-state index contributed by atoms with van der Waals surface area (Å²) in [5, 5.41) is 4.32. The molecule has 2 rings (SSSR count). The maximum absolute atomic E-state index is 5.73. The summed E-state index contributed by atoms with van der Waals surface area (Å²) in [6.07, 6.45) is 1.71. The summed E-state index contributed by atoms with van der Waals surface area (Å²) in [6.45, 7) is 1.31. The van der Waals surface area contributed by atoms with Crippen LogP contribution in [0.2, 0.25) is 0 Å². The van der Waals surface area contributed by atoms with E-state index in [1.807, 2.05) is 24.3 Å². The van der Waals surface area contributed by atoms with E-state index in [1.165, 1.54) is 0 Å². The lowest BCUT2D eigenvalue weighted by Gasteiger charge is -2.13. The van der Waals surface area contributed by atoms with Crippen molar-refractivity contribution in [3.05, 3.63) is 36.0 Å². The van der Waals surface area contributed by atoms with E-state index in [4.69, 9.17) is 22.7 Å². The maximum Gasteiger partial charge on any atom is 0.107 e. The fourth-order valence-corrected chi connectivity index (χ4v) is 1.95. The van der Waals surface area contributed by atoms with Crippen molar-refractivity contribution in [2.75, 3.05) is 25.6 Å². The van der Waals surface area contributed by atoms with E-state index < -0.39 is 0 Å². The van der Waals surface area contributed by atoms with Crippen LogP contribution in [0.15, 0.2) is 30.5 Å². The van der Waals surface area contributed by atoms with E-state index in [0.717, 1.165) is 22.2 Å². The summed E-state index contributed by atoms with van der Waals surface area (Å²) in [5.74, 6) is 0. The average molecular weight is 261 g/mol. The van der Waals surface area contributed by atoms with Crippen molar-refractivity contribution < 1.29 is 4.74 Å². The lowest BCUT2D eigenvalue weighted by Crippen LogP contribution is -2.16. The Hall–Kier alpha value is -1.72. The summed E-state index contributed by atoms with van der Waals surface area (Å²) in [6, 6.07) is 7.88. The van der Waals surface area contributed by atoms with Gasteiger partial charge in [0.05, 0.1) is 23.4 Å². The van der Waals surface area contributed by atoms with Gasteiger partial charge < -0.3 is 15.8 Å². The van der Waals surface area contributed by atoms with Crippen LogP contribution >= 0.6 is 12.2 Å². The minimum absolute atomic E-state index is 0.341. The minimum Gasteiger partial charge on any atom is -0.389 e. The molecule has 0 saturated carbocycles. The van der Waals surface area contributed by atoms with Crippen molar-refractivity contribution in [1.82, 2.24) is 4.98 Å². The van der Waals surface area contributed by atoms with Crippen LogP contribution in [0.3, 0.4) is 0 Å². The molecule has 0 radical (unpaired) electrons. The molecule has 0 aliphatic rings. The largest absolute Gasteiger partial charge is 0.389 e. The van der Waals surface area contributed by atoms with Crippen molar-refractivity contribution >= 4 is 33.8 Å². The summed E-state index contributed by atoms with van der Waals surface area (Å²) < 4.78 is 5.03.